The zero-order valence-electron chi connectivity index (χ0n) is 69.8. The van der Waals surface area contributed by atoms with Crippen LogP contribution in [0.25, 0.3) is 0 Å². The monoisotopic (exact) mass is 1990 g/mol. The van der Waals surface area contributed by atoms with Crippen LogP contribution in [0.2, 0.25) is 15.1 Å². The Balaban J connectivity index is 0.000000214. The molecule has 8 aliphatic heterocycles. The molecule has 5 amide bonds. The van der Waals surface area contributed by atoms with Crippen molar-refractivity contribution in [1.82, 2.24) is 5.32 Å². The first-order chi connectivity index (χ1) is 61.0. The van der Waals surface area contributed by atoms with Gasteiger partial charge in [-0.15, -0.1) is 48.0 Å². The van der Waals surface area contributed by atoms with Crippen molar-refractivity contribution in [2.24, 2.45) is 15.7 Å². The van der Waals surface area contributed by atoms with Gasteiger partial charge in [0.05, 0.1) is 110 Å². The number of halogens is 11. The summed E-state index contributed by atoms with van der Waals surface area (Å²) < 4.78 is 83.3. The number of benzene rings is 8. The fourth-order valence-electron chi connectivity index (χ4n) is 12.9. The molecule has 8 aromatic rings. The van der Waals surface area contributed by atoms with Crippen molar-refractivity contribution in [1.29, 1.82) is 0 Å². The number of nitrogens with two attached hydrogens (primary N) is 1. The summed E-state index contributed by atoms with van der Waals surface area (Å²) in [6.45, 7) is 11.4. The number of alkyl halides is 2. The molecule has 39 heteroatoms. The summed E-state index contributed by atoms with van der Waals surface area (Å²) in [5.41, 5.74) is 13.2. The van der Waals surface area contributed by atoms with Crippen molar-refractivity contribution in [2.75, 3.05) is 202 Å². The van der Waals surface area contributed by atoms with E-state index in [1.807, 2.05) is 121 Å². The Labute approximate surface area is 804 Å². The number of aliphatic hydroxyl groups is 1. The van der Waals surface area contributed by atoms with Crippen molar-refractivity contribution in [2.45, 2.75) is 51.5 Å². The predicted molar refractivity (Wildman–Crippen MR) is 528 cm³/mol. The summed E-state index contributed by atoms with van der Waals surface area (Å²) in [5.74, 6) is 7.42. The number of nitrogens with one attached hydrogen (secondary N) is 2. The molecule has 0 radical (unpaired) electrons. The number of epoxide rings is 1. The number of aliphatic imine (C=N–C) groups is 2. The smallest absolute Gasteiger partial charge is 0.414 e. The molecule has 8 aliphatic rings. The van der Waals surface area contributed by atoms with E-state index in [-0.39, 0.29) is 106 Å². The summed E-state index contributed by atoms with van der Waals surface area (Å²) in [7, 11) is 0. The molecule has 8 fully saturated rings. The van der Waals surface area contributed by atoms with Crippen LogP contribution in [-0.4, -0.2) is 247 Å². The van der Waals surface area contributed by atoms with Gasteiger partial charge >= 0.3 is 24.4 Å². The maximum Gasteiger partial charge on any atom is 0.414 e. The zero-order valence-corrected chi connectivity index (χ0v) is 78.5. The third-order valence-electron chi connectivity index (χ3n) is 19.6. The molecule has 698 valence electrons. The molecule has 0 spiro atoms. The quantitative estimate of drug-likeness (QED) is 0.0123. The summed E-state index contributed by atoms with van der Waals surface area (Å²) in [4.78, 5) is 89.6. The van der Waals surface area contributed by atoms with E-state index in [0.29, 0.717) is 104 Å². The molecule has 8 heterocycles. The normalized spacial score (nSPS) is 18.1. The lowest BCUT2D eigenvalue weighted by molar-refractivity contribution is -0.119. The third kappa shape index (κ3) is 35.9. The number of carbonyl (C=O) groups is 6. The second-order valence-electron chi connectivity index (χ2n) is 28.9. The highest BCUT2D eigenvalue weighted by molar-refractivity contribution is 8.00. The van der Waals surface area contributed by atoms with Gasteiger partial charge in [0, 0.05) is 151 Å². The number of rotatable bonds is 22. The summed E-state index contributed by atoms with van der Waals surface area (Å²) in [5, 5.41) is 16.3. The third-order valence-corrected chi connectivity index (χ3v) is 24.8. The molecule has 24 nitrogen and oxygen atoms in total. The molecule has 8 saturated heterocycles. The second kappa shape index (κ2) is 57.1. The van der Waals surface area contributed by atoms with Crippen LogP contribution in [0.3, 0.4) is 0 Å². The van der Waals surface area contributed by atoms with Crippen molar-refractivity contribution < 1.29 is 75.1 Å². The van der Waals surface area contributed by atoms with Gasteiger partial charge in [-0.25, -0.2) is 36.7 Å². The lowest BCUT2D eigenvalue weighted by Gasteiger charge is -2.29. The lowest BCUT2D eigenvalue weighted by Crippen LogP contribution is -2.34. The number of anilines is 8. The Kier molecular flexibility index (Phi) is 47.6. The summed E-state index contributed by atoms with van der Waals surface area (Å²) in [6.07, 6.45) is 0.852. The van der Waals surface area contributed by atoms with E-state index in [9.17, 15) is 46.3 Å². The van der Waals surface area contributed by atoms with Crippen LogP contribution in [0, 0.1) is 23.3 Å². The number of aldehydes is 1. The van der Waals surface area contributed by atoms with Crippen LogP contribution < -0.4 is 50.7 Å². The van der Waals surface area contributed by atoms with E-state index in [1.165, 1.54) is 45.9 Å². The Bertz CT molecular complexity index is 4880. The molecular weight excluding hydrogens is 1890 g/mol. The van der Waals surface area contributed by atoms with Crippen molar-refractivity contribution in [3.05, 3.63) is 237 Å². The Morgan fingerprint density at radius 1 is 0.527 bits per heavy atom. The molecule has 0 saturated carbocycles. The van der Waals surface area contributed by atoms with Gasteiger partial charge in [-0.05, 0) is 126 Å². The Morgan fingerprint density at radius 3 is 1.26 bits per heavy atom. The van der Waals surface area contributed by atoms with Gasteiger partial charge < -0.3 is 59.4 Å². The standard InChI is InChI=1S/C21H21ClFN3O2S.C18H19FN2O2S.C16H20FN3O3S.C14H18FN3O2S.C10H11Cl2NO.C7H5ClO.C3H5ClO.CH4.2ClH/c22-16-3-1-15(2-4-16)12-24-13-18-14-26(21(27)28-18)17-5-6-20(19(23)11-17)25-7-9-29-10-8-25;19-16-12-15(6-7-17(16)21-8-10-24-11-9-21)20-18(22)23-13-14-4-2-1-3-5-14;1-11(21)18-9-13-10-20(16(22)23-13)12-2-3-15(14(17)8-12)19-4-6-24-7-5-19;15-12-7-10(18-9-11(8-16)20-14(18)19)1-2-13(12)17-3-5-21-6-4-17;11-5-10(14)7-13-6-8-1-3-9(12)4-2-8;8-7-3-1-6(5-9)2-4-7;4-1-3-2-5-3;;;/h1-6,11-12,18H,7-10,13-14H2;1-7,12H,8-11,13H2,(H,20,22);2-3,8,13H,4-7,9-10H2,1H3,(H,18,21);1-2,7,11H,3-6,8-9,16H2;1-4,6,10,14H,5,7H2;1-5H;3H,1-2H2;1H4;2*1H/t18-;;13-;11-;10-;;3-;;;/m0.001.1.../s1. The number of thioether (sulfide) groups is 4. The summed E-state index contributed by atoms with van der Waals surface area (Å²) >= 11 is 35.3. The van der Waals surface area contributed by atoms with Crippen LogP contribution in [-0.2, 0) is 35.1 Å². The van der Waals surface area contributed by atoms with Crippen LogP contribution in [0.5, 0.6) is 0 Å². The topological polar surface area (TPSA) is 270 Å². The fraction of sp³-hybridized carbons (Fsp3) is 0.378. The van der Waals surface area contributed by atoms with Crippen LogP contribution in [0.1, 0.15) is 41.4 Å². The highest BCUT2D eigenvalue weighted by atomic mass is 35.5. The van der Waals surface area contributed by atoms with E-state index >= 15 is 0 Å². The van der Waals surface area contributed by atoms with Crippen LogP contribution in [0.15, 0.2) is 186 Å². The van der Waals surface area contributed by atoms with E-state index < -0.39 is 36.6 Å². The average molecular weight is 2000 g/mol. The predicted octanol–water partition coefficient (Wildman–Crippen LogP) is 18.7. The van der Waals surface area contributed by atoms with Gasteiger partial charge in [0.25, 0.3) is 0 Å². The molecule has 16 rings (SSSR count). The first-order valence-electron chi connectivity index (χ1n) is 40.5. The molecule has 129 heavy (non-hydrogen) atoms. The van der Waals surface area contributed by atoms with Gasteiger partial charge in [0.2, 0.25) is 5.91 Å². The van der Waals surface area contributed by atoms with E-state index in [4.69, 9.17) is 92.5 Å². The molecule has 5 atom stereocenters. The van der Waals surface area contributed by atoms with E-state index in [1.54, 1.807) is 109 Å². The van der Waals surface area contributed by atoms with Crippen LogP contribution in [0.4, 0.5) is 82.2 Å². The number of carbonyl (C=O) groups excluding carboxylic acids is 6. The molecule has 5 N–H and O–H groups in total. The minimum atomic E-state index is -0.597. The fourth-order valence-corrected chi connectivity index (χ4v) is 17.1. The number of cyclic esters (lactones) is 3. The number of ether oxygens (including phenoxy) is 5. The van der Waals surface area contributed by atoms with E-state index in [2.05, 4.69) is 20.6 Å². The maximum absolute atomic E-state index is 14.7. The highest BCUT2D eigenvalue weighted by Crippen LogP contribution is 2.34. The van der Waals surface area contributed by atoms with Gasteiger partial charge in [-0.2, -0.15) is 47.0 Å². The molecule has 0 aromatic heterocycles. The average Bonchev–Trinajstić information content (AvgIpc) is 1.70. The molecule has 0 unspecified atom stereocenters. The molecular formula is C90H105Cl7F4N12O12S4. The zero-order chi connectivity index (χ0) is 89.7. The molecule has 8 aromatic carbocycles. The molecule has 0 aliphatic carbocycles. The van der Waals surface area contributed by atoms with E-state index in [0.717, 1.165) is 128 Å². The van der Waals surface area contributed by atoms with Crippen molar-refractivity contribution in [3.8, 4) is 0 Å². The maximum atomic E-state index is 14.7. The highest BCUT2D eigenvalue weighted by Gasteiger charge is 2.36. The van der Waals surface area contributed by atoms with Gasteiger partial charge in [-0.1, -0.05) is 109 Å². The number of nitrogens with zero attached hydrogens (tertiary/aromatic N) is 9. The number of hydrogen-bond donors (Lipinski definition) is 4. The number of amides is 5. The Hall–Kier alpha value is -8.45. The van der Waals surface area contributed by atoms with Crippen molar-refractivity contribution >= 4 is 224 Å². The largest absolute Gasteiger partial charge is 0.444 e. The second-order valence-corrected chi connectivity index (χ2v) is 35.7. The van der Waals surface area contributed by atoms with Gasteiger partial charge in [-0.3, -0.25) is 39.6 Å². The number of hydrogen-bond acceptors (Lipinski definition) is 23. The minimum Gasteiger partial charge on any atom is -0.444 e. The number of aliphatic hydroxyl groups excluding tert-OH is 1. The Morgan fingerprint density at radius 2 is 0.899 bits per heavy atom. The SMILES string of the molecule is C.CC(=O)NC[C@H]1CN(c2ccc(N3CCSCC3)c(F)c2)C(=O)O1.Cl.Cl.ClC[C@@H]1CO1.NC[C@H]1CN(c2ccc(N3CCSCC3)c(F)c2)C(=O)O1.O=C(Nc1ccc(N2CCSCC2)c(F)c1)OCc1ccccc1.O=C1O[C@@H](CN=Cc2ccc(Cl)cc2)CN1c1ccc(N2CCSCC2)c(F)c1.O=Cc1ccc(Cl)cc1.O[C@H](CCl)CN=Cc1ccc(Cl)cc1. The van der Waals surface area contributed by atoms with Gasteiger partial charge in [0.15, 0.2) is 0 Å². The minimum absolute atomic E-state index is 0. The molecule has 0 bridgehead atoms. The van der Waals surface area contributed by atoms with Crippen LogP contribution >= 0.6 is 130 Å². The first-order valence-corrected chi connectivity index (χ1v) is 47.3. The van der Waals surface area contributed by atoms with Gasteiger partial charge in [0.1, 0.15) is 54.5 Å². The van der Waals surface area contributed by atoms with Crippen molar-refractivity contribution in [3.63, 3.8) is 0 Å². The lowest BCUT2D eigenvalue weighted by atomic mass is 10.2. The summed E-state index contributed by atoms with van der Waals surface area (Å²) in [6, 6.07) is 50.2. The first kappa shape index (κ1) is 108.